The number of aromatic hydroxyl groups is 4. The number of aliphatic hydroxyl groups is 1. The fourth-order valence-electron chi connectivity index (χ4n) is 8.31. The molecule has 0 aliphatic heterocycles. The third-order valence-corrected chi connectivity index (χ3v) is 12.9. The lowest BCUT2D eigenvalue weighted by Gasteiger charge is -2.22. The lowest BCUT2D eigenvalue weighted by Crippen LogP contribution is -2.33. The highest BCUT2D eigenvalue weighted by atomic mass is 32.1. The molecule has 0 aliphatic carbocycles. The number of thiocarbonyl (C=S) groups is 2. The molecule has 0 bridgehead atoms. The van der Waals surface area contributed by atoms with Crippen LogP contribution in [0.25, 0.3) is 17.1 Å². The first-order valence-corrected chi connectivity index (χ1v) is 27.6. The number of ketones is 1. The summed E-state index contributed by atoms with van der Waals surface area (Å²) < 4.78 is 18.5. The molecule has 8 N–H and O–H groups in total. The molecule has 0 saturated carbocycles. The highest BCUT2D eigenvalue weighted by Crippen LogP contribution is 2.40. The van der Waals surface area contributed by atoms with Crippen molar-refractivity contribution in [3.8, 4) is 57.3 Å². The molecule has 1 aromatic heterocycles. The van der Waals surface area contributed by atoms with Crippen LogP contribution >= 0.6 is 36.7 Å². The van der Waals surface area contributed by atoms with E-state index < -0.39 is 0 Å². The van der Waals surface area contributed by atoms with Crippen molar-refractivity contribution < 1.29 is 44.5 Å². The average Bonchev–Trinajstić information content (AvgIpc) is 3.81. The summed E-state index contributed by atoms with van der Waals surface area (Å²) >= 11 is 15.4. The van der Waals surface area contributed by atoms with Crippen molar-refractivity contribution >= 4 is 81.1 Å². The molecule has 0 saturated heterocycles. The van der Waals surface area contributed by atoms with Crippen LogP contribution in [0.1, 0.15) is 108 Å². The van der Waals surface area contributed by atoms with Crippen LogP contribution in [0.5, 0.6) is 40.2 Å². The Morgan fingerprint density at radius 3 is 1.68 bits per heavy atom. The number of H-pyrrole nitrogens is 1. The lowest BCUT2D eigenvalue weighted by molar-refractivity contribution is 0.0994. The van der Waals surface area contributed by atoms with Crippen LogP contribution in [0.3, 0.4) is 0 Å². The quantitative estimate of drug-likeness (QED) is 0.0190. The molecule has 21 heteroatoms. The van der Waals surface area contributed by atoms with E-state index in [0.717, 1.165) is 95.8 Å². The van der Waals surface area contributed by atoms with Crippen LogP contribution in [-0.2, 0) is 0 Å². The predicted molar refractivity (Wildman–Crippen MR) is 335 cm³/mol. The molecule has 0 radical (unpaired) electrons. The van der Waals surface area contributed by atoms with E-state index in [0.29, 0.717) is 21.7 Å². The predicted octanol–water partition coefficient (Wildman–Crippen LogP) is 12.5. The molecular formula is C59H81N9O9S3. The Morgan fingerprint density at radius 1 is 0.700 bits per heavy atom. The van der Waals surface area contributed by atoms with Gasteiger partial charge in [-0.2, -0.15) is 10.1 Å². The molecule has 0 aliphatic rings. The topological polar surface area (TPSA) is 226 Å². The summed E-state index contributed by atoms with van der Waals surface area (Å²) in [4.78, 5) is 22.9. The van der Waals surface area contributed by atoms with Gasteiger partial charge in [-0.1, -0.05) is 48.5 Å². The Hall–Kier alpha value is -7.42. The van der Waals surface area contributed by atoms with Crippen molar-refractivity contribution in [1.29, 1.82) is 0 Å². The smallest absolute Gasteiger partial charge is 0.200 e. The first-order chi connectivity index (χ1) is 38.1. The summed E-state index contributed by atoms with van der Waals surface area (Å²) in [5.41, 5.74) is 7.20. The van der Waals surface area contributed by atoms with Gasteiger partial charge in [0.2, 0.25) is 0 Å². The third-order valence-electron chi connectivity index (χ3n) is 12.3. The largest absolute Gasteiger partial charge is 0.508 e. The molecule has 6 rings (SSSR count). The summed E-state index contributed by atoms with van der Waals surface area (Å²) in [7, 11) is 11.0. The highest BCUT2D eigenvalue weighted by molar-refractivity contribution is 7.80. The summed E-state index contributed by atoms with van der Waals surface area (Å²) in [5.74, 6) is 2.30. The molecule has 0 unspecified atom stereocenters. The first-order valence-electron chi connectivity index (χ1n) is 26.3. The Labute approximate surface area is 487 Å². The number of anilines is 4. The number of benzene rings is 5. The second kappa shape index (κ2) is 33.2. The second-order valence-corrected chi connectivity index (χ2v) is 19.9. The molecule has 1 heterocycles. The minimum absolute atomic E-state index is 0.0120. The van der Waals surface area contributed by atoms with Crippen molar-refractivity contribution in [2.24, 2.45) is 4.99 Å². The Kier molecular flexibility index (Phi) is 27.8. The van der Waals surface area contributed by atoms with E-state index in [4.69, 9.17) is 43.8 Å². The number of aliphatic hydroxyl groups excluding tert-OH is 1. The van der Waals surface area contributed by atoms with E-state index in [-0.39, 0.29) is 64.4 Å². The number of nitrogens with one attached hydrogen (secondary N) is 3. The molecule has 6 aromatic rings. The van der Waals surface area contributed by atoms with Gasteiger partial charge in [0.15, 0.2) is 21.5 Å². The van der Waals surface area contributed by atoms with Crippen molar-refractivity contribution in [2.75, 3.05) is 95.3 Å². The maximum Gasteiger partial charge on any atom is 0.200 e. The number of rotatable bonds is 21. The minimum Gasteiger partial charge on any atom is -0.508 e. The maximum absolute atomic E-state index is 12.6. The van der Waals surface area contributed by atoms with Crippen LogP contribution < -0.4 is 39.5 Å². The molecule has 434 valence electrons. The second-order valence-electron chi connectivity index (χ2n) is 19.0. The number of aliphatic imine (C=N–C) groups is 1. The summed E-state index contributed by atoms with van der Waals surface area (Å²) in [5, 5.41) is 64.1. The van der Waals surface area contributed by atoms with E-state index in [1.165, 1.54) is 18.2 Å². The van der Waals surface area contributed by atoms with Gasteiger partial charge in [0.25, 0.3) is 0 Å². The van der Waals surface area contributed by atoms with Crippen molar-refractivity contribution in [1.82, 2.24) is 20.1 Å². The molecule has 0 spiro atoms. The van der Waals surface area contributed by atoms with Crippen LogP contribution in [0, 0.1) is 4.77 Å². The Morgan fingerprint density at radius 2 is 1.18 bits per heavy atom. The fraction of sp³-hybridized carbons (Fsp3) is 0.407. The number of carbonyl (C=O) groups is 1. The van der Waals surface area contributed by atoms with Crippen LogP contribution in [0.4, 0.5) is 28.4 Å². The SMILES string of the molecule is CCCN(C)c1cc(-n2c(-c3cc(C(C)C)c(O)cc3O)n[nH]c2=S)ccc1OC.CCCN(C)c1cc(N=C=S)ccc1OC.CCCN(C)c1cc(NC(=S)NCC(=O)c2cc(C(C)C)c(O)cc2O)ccc1OC.CCO. The van der Waals surface area contributed by atoms with Gasteiger partial charge in [-0.3, -0.25) is 14.5 Å². The highest BCUT2D eigenvalue weighted by Gasteiger charge is 2.21. The lowest BCUT2D eigenvalue weighted by atomic mass is 9.97. The number of hydrogen-bond donors (Lipinski definition) is 8. The Balaban J connectivity index is 0.000000322. The molecule has 80 heavy (non-hydrogen) atoms. The van der Waals surface area contributed by atoms with E-state index >= 15 is 0 Å². The van der Waals surface area contributed by atoms with Gasteiger partial charge in [0.1, 0.15) is 40.2 Å². The van der Waals surface area contributed by atoms with E-state index in [9.17, 15) is 25.2 Å². The zero-order valence-corrected chi connectivity index (χ0v) is 51.0. The van der Waals surface area contributed by atoms with Crippen molar-refractivity contribution in [2.45, 2.75) is 86.5 Å². The molecular weight excluding hydrogens is 1070 g/mol. The van der Waals surface area contributed by atoms with Gasteiger partial charge in [0, 0.05) is 65.2 Å². The number of aromatic amines is 1. The van der Waals surface area contributed by atoms with Crippen molar-refractivity contribution in [3.63, 3.8) is 0 Å². The monoisotopic (exact) mass is 1160 g/mol. The first kappa shape index (κ1) is 66.9. The van der Waals surface area contributed by atoms with E-state index in [1.54, 1.807) is 38.9 Å². The number of nitrogens with zero attached hydrogens (tertiary/aromatic N) is 6. The van der Waals surface area contributed by atoms with Crippen molar-refractivity contribution in [3.05, 3.63) is 100 Å². The summed E-state index contributed by atoms with van der Waals surface area (Å²) in [6, 6.07) is 23.0. The number of hydrogen-bond acceptors (Lipinski definition) is 17. The van der Waals surface area contributed by atoms with Crippen LogP contribution in [0.15, 0.2) is 83.9 Å². The molecule has 18 nitrogen and oxygen atoms in total. The summed E-state index contributed by atoms with van der Waals surface area (Å²) in [6.07, 6.45) is 3.09. The minimum atomic E-state index is -0.332. The van der Waals surface area contributed by atoms with E-state index in [1.807, 2.05) is 103 Å². The fourth-order valence-corrected chi connectivity index (χ4v) is 8.84. The van der Waals surface area contributed by atoms with E-state index in [2.05, 4.69) is 78.7 Å². The number of aromatic nitrogens is 3. The molecule has 5 aromatic carbocycles. The van der Waals surface area contributed by atoms with Gasteiger partial charge >= 0.3 is 0 Å². The van der Waals surface area contributed by atoms with Gasteiger partial charge < -0.3 is 65.1 Å². The number of carbonyl (C=O) groups excluding carboxylic acids is 1. The van der Waals surface area contributed by atoms with Crippen LogP contribution in [-0.4, -0.2) is 132 Å². The summed E-state index contributed by atoms with van der Waals surface area (Å²) in [6.45, 7) is 18.7. The zero-order chi connectivity index (χ0) is 59.8. The normalized spacial score (nSPS) is 10.4. The maximum atomic E-state index is 12.6. The van der Waals surface area contributed by atoms with Gasteiger partial charge in [-0.05, 0) is 153 Å². The number of phenolic OH excluding ortho intramolecular Hbond substituents is 4. The zero-order valence-electron chi connectivity index (χ0n) is 48.6. The third kappa shape index (κ3) is 18.6. The Bertz CT molecular complexity index is 3090. The molecule has 0 atom stereocenters. The number of phenols is 4. The average molecular weight is 1160 g/mol. The number of isothiocyanates is 1. The number of methoxy groups -OCH3 is 3. The van der Waals surface area contributed by atoms with Crippen LogP contribution in [0.2, 0.25) is 0 Å². The number of Topliss-reactive ketones (excluding diaryl/α,β-unsaturated/α-hetero) is 1. The van der Waals surface area contributed by atoms with Gasteiger partial charge in [-0.25, -0.2) is 0 Å². The standard InChI is InChI=1S/C23H31N3O4S.C22H28N4O3S.C12H16N2OS.C2H6O/c1-6-9-26(4)18-10-15(7-8-22(18)30-5)25-23(31)24-13-21(29)17-11-16(14(2)3)19(27)12-20(17)28;1-6-9-25(4)17-10-14(7-8-20(17)29-5)26-21(23-24-22(26)30)16-11-15(13(2)3)18(27)12-19(16)28;1-4-7-14(2)11-8-10(13-9-16)5-6-12(11)15-3;1-2-3/h7-8,10-12,14,27-28H,6,9,13H2,1-5H3,(H2,24,25,31);7-8,10-13,27-28H,6,9H2,1-5H3,(H,24,30);5-6,8H,4,7H2,1-3H3;3H,2H2,1H3. The van der Waals surface area contributed by atoms with Gasteiger partial charge in [0.05, 0.1) is 72.6 Å². The van der Waals surface area contributed by atoms with Gasteiger partial charge in [-0.15, -0.1) is 0 Å². The molecule has 0 amide bonds. The number of ether oxygens (including phenoxy) is 3. The molecule has 0 fully saturated rings.